The van der Waals surface area contributed by atoms with Crippen LogP contribution in [0.2, 0.25) is 0 Å². The van der Waals surface area contributed by atoms with Crippen LogP contribution in [-0.2, 0) is 4.79 Å². The average molecular weight is 508 g/mol. The molecule has 178 valence electrons. The molecule has 0 fully saturated rings. The van der Waals surface area contributed by atoms with Gasteiger partial charge >= 0.3 is 5.97 Å². The van der Waals surface area contributed by atoms with E-state index in [9.17, 15) is 19.5 Å². The van der Waals surface area contributed by atoms with Crippen LogP contribution in [0.3, 0.4) is 0 Å². The van der Waals surface area contributed by atoms with Gasteiger partial charge in [0, 0.05) is 10.6 Å². The van der Waals surface area contributed by atoms with E-state index in [-0.39, 0.29) is 22.8 Å². The number of thiazole rings is 1. The van der Waals surface area contributed by atoms with E-state index in [1.807, 2.05) is 31.2 Å². The number of carbonyl (C=O) groups excluding carboxylic acids is 2. The highest BCUT2D eigenvalue weighted by Gasteiger charge is 2.16. The number of hydrogen-bond acceptors (Lipinski definition) is 7. The number of fused-ring (bicyclic) bond motifs is 1. The van der Waals surface area contributed by atoms with Crippen LogP contribution in [0.4, 0.5) is 10.8 Å². The predicted octanol–water partition coefficient (Wildman–Crippen LogP) is 5.38. The minimum absolute atomic E-state index is 0.0710. The van der Waals surface area contributed by atoms with Crippen molar-refractivity contribution < 1.29 is 24.2 Å². The number of carbonyl (C=O) groups is 3. The number of amides is 2. The quantitative estimate of drug-likeness (QED) is 0.261. The lowest BCUT2D eigenvalue weighted by atomic mass is 10.1. The van der Waals surface area contributed by atoms with E-state index in [1.54, 1.807) is 30.3 Å². The fraction of sp³-hybridized carbons (Fsp3) is 0.120. The van der Waals surface area contributed by atoms with Crippen LogP contribution in [0.15, 0.2) is 71.6 Å². The fourth-order valence-electron chi connectivity index (χ4n) is 3.25. The number of nitrogens with zero attached hydrogens (tertiary/aromatic N) is 1. The van der Waals surface area contributed by atoms with Gasteiger partial charge < -0.3 is 20.5 Å². The van der Waals surface area contributed by atoms with E-state index in [0.29, 0.717) is 17.4 Å². The molecule has 2 amide bonds. The first-order chi connectivity index (χ1) is 16.9. The lowest BCUT2D eigenvalue weighted by Crippen LogP contribution is -2.16. The van der Waals surface area contributed by atoms with Gasteiger partial charge in [-0.15, -0.1) is 11.8 Å². The second-order valence-electron chi connectivity index (χ2n) is 7.25. The van der Waals surface area contributed by atoms with E-state index in [0.717, 1.165) is 20.9 Å². The molecule has 0 radical (unpaired) electrons. The van der Waals surface area contributed by atoms with Gasteiger partial charge in [0.05, 0.1) is 33.7 Å². The van der Waals surface area contributed by atoms with Gasteiger partial charge in [-0.3, -0.25) is 9.59 Å². The van der Waals surface area contributed by atoms with Gasteiger partial charge in [0.25, 0.3) is 5.91 Å². The van der Waals surface area contributed by atoms with Gasteiger partial charge in [0.15, 0.2) is 5.13 Å². The molecule has 1 aromatic heterocycles. The molecule has 1 heterocycles. The third-order valence-corrected chi connectivity index (χ3v) is 6.71. The first-order valence-electron chi connectivity index (χ1n) is 10.6. The topological polar surface area (TPSA) is 118 Å². The van der Waals surface area contributed by atoms with Crippen molar-refractivity contribution in [2.75, 3.05) is 23.0 Å². The Kier molecular flexibility index (Phi) is 7.64. The highest BCUT2D eigenvalue weighted by Crippen LogP contribution is 2.30. The Morgan fingerprint density at radius 2 is 1.80 bits per heavy atom. The van der Waals surface area contributed by atoms with E-state index < -0.39 is 11.9 Å². The van der Waals surface area contributed by atoms with Crippen molar-refractivity contribution in [3.8, 4) is 5.75 Å². The minimum Gasteiger partial charge on any atom is -0.494 e. The number of carboxylic acid groups (broad SMARTS) is 1. The summed E-state index contributed by atoms with van der Waals surface area (Å²) in [5, 5.41) is 15.3. The maximum absolute atomic E-state index is 12.6. The van der Waals surface area contributed by atoms with Gasteiger partial charge in [-0.05, 0) is 55.5 Å². The van der Waals surface area contributed by atoms with Crippen LogP contribution in [0.25, 0.3) is 10.2 Å². The van der Waals surface area contributed by atoms with Crippen LogP contribution in [-0.4, -0.2) is 40.2 Å². The monoisotopic (exact) mass is 507 g/mol. The predicted molar refractivity (Wildman–Crippen MR) is 138 cm³/mol. The number of aromatic nitrogens is 1. The molecule has 3 aromatic carbocycles. The van der Waals surface area contributed by atoms with Crippen molar-refractivity contribution >= 4 is 61.9 Å². The number of nitrogens with one attached hydrogen (secondary N) is 2. The second-order valence-corrected chi connectivity index (χ2v) is 9.33. The van der Waals surface area contributed by atoms with E-state index in [1.165, 1.54) is 35.2 Å². The van der Waals surface area contributed by atoms with Crippen LogP contribution in [0, 0.1) is 0 Å². The Morgan fingerprint density at radius 3 is 2.57 bits per heavy atom. The van der Waals surface area contributed by atoms with Crippen LogP contribution < -0.4 is 15.4 Å². The Labute approximate surface area is 209 Å². The molecule has 0 atom stereocenters. The highest BCUT2D eigenvalue weighted by molar-refractivity contribution is 8.00. The van der Waals surface area contributed by atoms with Crippen LogP contribution in [0.5, 0.6) is 5.75 Å². The molecule has 4 rings (SSSR count). The van der Waals surface area contributed by atoms with Crippen molar-refractivity contribution in [1.82, 2.24) is 4.98 Å². The maximum atomic E-state index is 12.6. The number of benzene rings is 3. The van der Waals surface area contributed by atoms with Gasteiger partial charge in [-0.2, -0.15) is 0 Å². The molecule has 10 heteroatoms. The third kappa shape index (κ3) is 6.17. The van der Waals surface area contributed by atoms with Crippen molar-refractivity contribution in [3.63, 3.8) is 0 Å². The summed E-state index contributed by atoms with van der Waals surface area (Å²) in [6, 6.07) is 18.6. The Balaban J connectivity index is 1.36. The largest absolute Gasteiger partial charge is 0.494 e. The van der Waals surface area contributed by atoms with E-state index in [4.69, 9.17) is 4.74 Å². The summed E-state index contributed by atoms with van der Waals surface area (Å²) in [5.74, 6) is -0.987. The van der Waals surface area contributed by atoms with E-state index >= 15 is 0 Å². The summed E-state index contributed by atoms with van der Waals surface area (Å²) in [6.45, 7) is 2.49. The zero-order valence-corrected chi connectivity index (χ0v) is 20.2. The molecule has 35 heavy (non-hydrogen) atoms. The molecule has 0 aliphatic rings. The lowest BCUT2D eigenvalue weighted by molar-refractivity contribution is -0.113. The number of anilines is 2. The zero-order valence-electron chi connectivity index (χ0n) is 18.6. The molecule has 0 aliphatic carbocycles. The first-order valence-corrected chi connectivity index (χ1v) is 12.4. The summed E-state index contributed by atoms with van der Waals surface area (Å²) in [4.78, 5) is 41.6. The highest BCUT2D eigenvalue weighted by atomic mass is 32.2. The lowest BCUT2D eigenvalue weighted by Gasteiger charge is -2.09. The molecule has 8 nitrogen and oxygen atoms in total. The van der Waals surface area contributed by atoms with Crippen molar-refractivity contribution in [1.29, 1.82) is 0 Å². The van der Waals surface area contributed by atoms with E-state index in [2.05, 4.69) is 15.6 Å². The normalized spacial score (nSPS) is 10.7. The summed E-state index contributed by atoms with van der Waals surface area (Å²) in [5.41, 5.74) is 1.28. The smallest absolute Gasteiger partial charge is 0.336 e. The summed E-state index contributed by atoms with van der Waals surface area (Å²) in [7, 11) is 0. The molecule has 0 spiro atoms. The number of ether oxygens (including phenoxy) is 1. The van der Waals surface area contributed by atoms with Crippen LogP contribution >= 0.6 is 23.1 Å². The molecular formula is C25H21N3O5S2. The van der Waals surface area contributed by atoms with Gasteiger partial charge in [0.2, 0.25) is 5.91 Å². The zero-order chi connectivity index (χ0) is 24.8. The Morgan fingerprint density at radius 1 is 1.00 bits per heavy atom. The molecule has 0 aliphatic heterocycles. The molecule has 3 N–H and O–H groups in total. The number of carboxylic acids is 1. The van der Waals surface area contributed by atoms with Gasteiger partial charge in [0.1, 0.15) is 5.75 Å². The Hall–Kier alpha value is -3.89. The SMILES string of the molecule is CCOc1ccc2nc(NC(=O)CSc3cccc(NC(=O)c4ccccc4C(=O)O)c3)sc2c1. The molecule has 0 bridgehead atoms. The number of rotatable bonds is 9. The van der Waals surface area contributed by atoms with Gasteiger partial charge in [-0.1, -0.05) is 29.5 Å². The summed E-state index contributed by atoms with van der Waals surface area (Å²) < 4.78 is 6.43. The third-order valence-electron chi connectivity index (χ3n) is 4.78. The number of aromatic carboxylic acids is 1. The summed E-state index contributed by atoms with van der Waals surface area (Å²) >= 11 is 2.68. The standard InChI is InChI=1S/C25H21N3O5S2/c1-2-33-16-10-11-20-21(13-16)35-25(27-20)28-22(29)14-34-17-7-5-6-15(12-17)26-23(30)18-8-3-4-9-19(18)24(31)32/h3-13H,2,14H2,1H3,(H,26,30)(H,31,32)(H,27,28,29). The molecule has 4 aromatic rings. The minimum atomic E-state index is -1.17. The number of thioether (sulfide) groups is 1. The molecule has 0 unspecified atom stereocenters. The van der Waals surface area contributed by atoms with Crippen LogP contribution in [0.1, 0.15) is 27.6 Å². The van der Waals surface area contributed by atoms with Crippen molar-refractivity contribution in [3.05, 3.63) is 77.9 Å². The Bertz CT molecular complexity index is 1400. The van der Waals surface area contributed by atoms with Crippen molar-refractivity contribution in [2.45, 2.75) is 11.8 Å². The summed E-state index contributed by atoms with van der Waals surface area (Å²) in [6.07, 6.45) is 0. The maximum Gasteiger partial charge on any atom is 0.336 e. The molecule has 0 saturated heterocycles. The first kappa shape index (κ1) is 24.2. The molecule has 0 saturated carbocycles. The number of hydrogen-bond donors (Lipinski definition) is 3. The second kappa shape index (κ2) is 11.0. The average Bonchev–Trinajstić information content (AvgIpc) is 3.24. The molecular weight excluding hydrogens is 486 g/mol. The van der Waals surface area contributed by atoms with Crippen molar-refractivity contribution in [2.24, 2.45) is 0 Å². The van der Waals surface area contributed by atoms with Gasteiger partial charge in [-0.25, -0.2) is 9.78 Å². The fourth-order valence-corrected chi connectivity index (χ4v) is 4.91.